The minimum Gasteiger partial charge on any atom is -0.353 e. The number of halogens is 2. The molecule has 1 aliphatic heterocycles. The number of guanidine groups is 1. The van der Waals surface area contributed by atoms with Crippen LogP contribution in [0.15, 0.2) is 47.6 Å². The average Bonchev–Trinajstić information content (AvgIpc) is 3.28. The molecule has 27 heavy (non-hydrogen) atoms. The van der Waals surface area contributed by atoms with E-state index in [-0.39, 0.29) is 29.6 Å². The first-order valence-electron chi connectivity index (χ1n) is 9.25. The lowest BCUT2D eigenvalue weighted by molar-refractivity contribution is 0.605. The molecule has 1 saturated carbocycles. The first kappa shape index (κ1) is 17.7. The van der Waals surface area contributed by atoms with Crippen LogP contribution in [0, 0.1) is 11.6 Å². The summed E-state index contributed by atoms with van der Waals surface area (Å²) in [6, 6.07) is 10.3. The molecule has 2 heterocycles. The van der Waals surface area contributed by atoms with Crippen molar-refractivity contribution in [2.45, 2.75) is 30.8 Å². The topological polar surface area (TPSA) is 52.6 Å². The van der Waals surface area contributed by atoms with Gasteiger partial charge in [0.25, 0.3) is 0 Å². The molecule has 1 aliphatic carbocycles. The van der Waals surface area contributed by atoms with Crippen LogP contribution in [0.5, 0.6) is 0 Å². The summed E-state index contributed by atoms with van der Waals surface area (Å²) in [5, 5.41) is 6.77. The summed E-state index contributed by atoms with van der Waals surface area (Å²) in [4.78, 5) is 10.4. The molecule has 0 amide bonds. The Labute approximate surface area is 157 Å². The lowest BCUT2D eigenvalue weighted by atomic mass is 10.1. The molecule has 0 spiro atoms. The van der Waals surface area contributed by atoms with Crippen molar-refractivity contribution in [2.75, 3.05) is 25.0 Å². The lowest BCUT2D eigenvalue weighted by Gasteiger charge is -2.20. The Hall–Kier alpha value is -2.70. The van der Waals surface area contributed by atoms with Gasteiger partial charge in [-0.25, -0.2) is 13.8 Å². The van der Waals surface area contributed by atoms with Gasteiger partial charge in [-0.2, -0.15) is 0 Å². The van der Waals surface area contributed by atoms with Gasteiger partial charge in [-0.15, -0.1) is 0 Å². The minimum atomic E-state index is -0.300. The second kappa shape index (κ2) is 7.50. The number of anilines is 1. The molecule has 7 heteroatoms. The van der Waals surface area contributed by atoms with E-state index in [1.165, 1.54) is 12.1 Å². The fraction of sp³-hybridized carbons (Fsp3) is 0.400. The lowest BCUT2D eigenvalue weighted by Crippen LogP contribution is -2.45. The van der Waals surface area contributed by atoms with Crippen molar-refractivity contribution in [3.8, 4) is 0 Å². The molecule has 142 valence electrons. The average molecular weight is 371 g/mol. The van der Waals surface area contributed by atoms with Crippen molar-refractivity contribution in [1.82, 2.24) is 15.6 Å². The Morgan fingerprint density at radius 2 is 1.96 bits per heavy atom. The highest BCUT2D eigenvalue weighted by Crippen LogP contribution is 2.41. The first-order chi connectivity index (χ1) is 13.2. The number of pyridine rings is 1. The number of aromatic nitrogens is 1. The van der Waals surface area contributed by atoms with Crippen LogP contribution in [0.25, 0.3) is 0 Å². The molecule has 1 saturated heterocycles. The molecule has 2 aliphatic rings. The van der Waals surface area contributed by atoms with Crippen LogP contribution in [0.4, 0.5) is 14.6 Å². The quantitative estimate of drug-likeness (QED) is 0.641. The molecule has 3 unspecified atom stereocenters. The summed E-state index contributed by atoms with van der Waals surface area (Å²) in [5.74, 6) is 0.816. The van der Waals surface area contributed by atoms with Crippen LogP contribution < -0.4 is 15.5 Å². The van der Waals surface area contributed by atoms with Crippen molar-refractivity contribution >= 4 is 11.8 Å². The Morgan fingerprint density at radius 1 is 1.15 bits per heavy atom. The van der Waals surface area contributed by atoms with Crippen LogP contribution in [0.2, 0.25) is 0 Å². The van der Waals surface area contributed by atoms with Gasteiger partial charge in [0.2, 0.25) is 0 Å². The van der Waals surface area contributed by atoms with E-state index in [1.54, 1.807) is 25.4 Å². The molecule has 2 aromatic rings. The Bertz CT molecular complexity index is 841. The Balaban J connectivity index is 1.32. The molecule has 5 nitrogen and oxygen atoms in total. The predicted octanol–water partition coefficient (Wildman–Crippen LogP) is 2.66. The molecule has 1 aromatic heterocycles. The summed E-state index contributed by atoms with van der Waals surface area (Å²) < 4.78 is 27.8. The third-order valence-corrected chi connectivity index (χ3v) is 5.21. The number of rotatable bonds is 4. The molecule has 4 rings (SSSR count). The molecule has 3 atom stereocenters. The maximum absolute atomic E-state index is 13.9. The third-order valence-electron chi connectivity index (χ3n) is 5.21. The Morgan fingerprint density at radius 3 is 2.74 bits per heavy atom. The van der Waals surface area contributed by atoms with E-state index in [0.29, 0.717) is 18.3 Å². The third kappa shape index (κ3) is 3.86. The highest BCUT2D eigenvalue weighted by molar-refractivity contribution is 5.81. The Kier molecular flexibility index (Phi) is 4.92. The fourth-order valence-corrected chi connectivity index (χ4v) is 3.69. The predicted molar refractivity (Wildman–Crippen MR) is 102 cm³/mol. The zero-order chi connectivity index (χ0) is 18.8. The van der Waals surface area contributed by atoms with Crippen LogP contribution >= 0.6 is 0 Å². The summed E-state index contributed by atoms with van der Waals surface area (Å²) in [7, 11) is 1.72. The summed E-state index contributed by atoms with van der Waals surface area (Å²) in [6.45, 7) is 1.40. The smallest absolute Gasteiger partial charge is 0.191 e. The number of nitrogens with one attached hydrogen (secondary N) is 2. The van der Waals surface area contributed by atoms with Gasteiger partial charge < -0.3 is 15.5 Å². The van der Waals surface area contributed by atoms with Crippen molar-refractivity contribution < 1.29 is 8.78 Å². The van der Waals surface area contributed by atoms with E-state index in [9.17, 15) is 8.78 Å². The van der Waals surface area contributed by atoms with E-state index in [2.05, 4.69) is 20.6 Å². The second-order valence-electron chi connectivity index (χ2n) is 7.07. The van der Waals surface area contributed by atoms with Crippen LogP contribution in [-0.4, -0.2) is 43.2 Å². The van der Waals surface area contributed by atoms with Gasteiger partial charge in [0.05, 0.1) is 0 Å². The monoisotopic (exact) mass is 371 g/mol. The number of hydrogen-bond acceptors (Lipinski definition) is 3. The van der Waals surface area contributed by atoms with Gasteiger partial charge in [-0.05, 0) is 36.6 Å². The number of aliphatic imine (C=N–C) groups is 1. The summed E-state index contributed by atoms with van der Waals surface area (Å²) in [6.07, 6.45) is 3.37. The molecule has 0 radical (unpaired) electrons. The highest BCUT2D eigenvalue weighted by atomic mass is 19.1. The van der Waals surface area contributed by atoms with Crippen LogP contribution in [0.1, 0.15) is 24.3 Å². The van der Waals surface area contributed by atoms with Gasteiger partial charge in [-0.1, -0.05) is 18.2 Å². The maximum atomic E-state index is 13.9. The van der Waals surface area contributed by atoms with Gasteiger partial charge in [-0.3, -0.25) is 4.99 Å². The fourth-order valence-electron chi connectivity index (χ4n) is 3.69. The molecule has 2 fully saturated rings. The first-order valence-corrected chi connectivity index (χ1v) is 9.25. The molecule has 1 aromatic carbocycles. The van der Waals surface area contributed by atoms with Crippen molar-refractivity contribution in [3.63, 3.8) is 0 Å². The SMILES string of the molecule is CN=C(NC1CCN(c2ncccc2F)C1)NC1CC1c1ccccc1F. The van der Waals surface area contributed by atoms with Crippen molar-refractivity contribution in [2.24, 2.45) is 4.99 Å². The molecule has 0 bridgehead atoms. The van der Waals surface area contributed by atoms with Gasteiger partial charge in [0.15, 0.2) is 17.6 Å². The van der Waals surface area contributed by atoms with Gasteiger partial charge in [0, 0.05) is 44.3 Å². The molecular weight excluding hydrogens is 348 g/mol. The summed E-state index contributed by atoms with van der Waals surface area (Å²) >= 11 is 0. The van der Waals surface area contributed by atoms with E-state index in [4.69, 9.17) is 0 Å². The largest absolute Gasteiger partial charge is 0.353 e. The zero-order valence-corrected chi connectivity index (χ0v) is 15.2. The number of hydrogen-bond donors (Lipinski definition) is 2. The molecular formula is C20H23F2N5. The van der Waals surface area contributed by atoms with E-state index in [0.717, 1.165) is 24.9 Å². The van der Waals surface area contributed by atoms with Gasteiger partial charge >= 0.3 is 0 Å². The number of benzene rings is 1. The van der Waals surface area contributed by atoms with E-state index in [1.807, 2.05) is 17.0 Å². The van der Waals surface area contributed by atoms with Crippen LogP contribution in [0.3, 0.4) is 0 Å². The number of nitrogens with zero attached hydrogens (tertiary/aromatic N) is 3. The van der Waals surface area contributed by atoms with Gasteiger partial charge in [0.1, 0.15) is 5.82 Å². The molecule has 2 N–H and O–H groups in total. The highest BCUT2D eigenvalue weighted by Gasteiger charge is 2.40. The van der Waals surface area contributed by atoms with E-state index < -0.39 is 0 Å². The van der Waals surface area contributed by atoms with Crippen LogP contribution in [-0.2, 0) is 0 Å². The second-order valence-corrected chi connectivity index (χ2v) is 7.07. The summed E-state index contributed by atoms with van der Waals surface area (Å²) in [5.41, 5.74) is 0.753. The normalized spacial score (nSPS) is 24.8. The zero-order valence-electron chi connectivity index (χ0n) is 15.2. The maximum Gasteiger partial charge on any atom is 0.191 e. The van der Waals surface area contributed by atoms with Crippen molar-refractivity contribution in [1.29, 1.82) is 0 Å². The van der Waals surface area contributed by atoms with E-state index >= 15 is 0 Å². The minimum absolute atomic E-state index is 0.154. The van der Waals surface area contributed by atoms with Crippen molar-refractivity contribution in [3.05, 3.63) is 59.8 Å². The standard InChI is InChI=1S/C20H23F2N5/c1-23-20(26-18-11-15(18)14-5-2-3-6-16(14)21)25-13-8-10-27(12-13)19-17(22)7-4-9-24-19/h2-7,9,13,15,18H,8,10-12H2,1H3,(H2,23,25,26).